The second-order valence-corrected chi connectivity index (χ2v) is 10.5. The molecule has 1 N–H and O–H groups in total. The number of likely N-dealkylation sites (N-methyl/N-ethyl adjacent to an activating group) is 1. The van der Waals surface area contributed by atoms with Crippen molar-refractivity contribution in [1.82, 2.24) is 15.3 Å². The lowest BCUT2D eigenvalue weighted by Crippen LogP contribution is -2.64. The first-order valence-corrected chi connectivity index (χ1v) is 10.7. The third-order valence-corrected chi connectivity index (χ3v) is 7.98. The molecule has 5 fully saturated rings. The van der Waals surface area contributed by atoms with Crippen molar-refractivity contribution in [2.75, 3.05) is 33.2 Å². The van der Waals surface area contributed by atoms with Crippen molar-refractivity contribution in [3.05, 3.63) is 35.9 Å². The molecular weight excluding hydrogens is 334 g/mol. The summed E-state index contributed by atoms with van der Waals surface area (Å²) in [5.74, 6) is 1.01. The topological polar surface area (TPSA) is 35.6 Å². The molecule has 4 aliphatic carbocycles. The van der Waals surface area contributed by atoms with Crippen molar-refractivity contribution < 1.29 is 4.79 Å². The molecule has 6 rings (SSSR count). The highest BCUT2D eigenvalue weighted by Gasteiger charge is 2.64. The van der Waals surface area contributed by atoms with Crippen LogP contribution in [-0.2, 0) is 10.2 Å². The van der Waals surface area contributed by atoms with Gasteiger partial charge in [0.2, 0.25) is 5.91 Å². The fourth-order valence-corrected chi connectivity index (χ4v) is 7.47. The third kappa shape index (κ3) is 2.92. The summed E-state index contributed by atoms with van der Waals surface area (Å²) >= 11 is 0. The molecule has 0 spiro atoms. The van der Waals surface area contributed by atoms with Crippen LogP contribution < -0.4 is 5.43 Å². The highest BCUT2D eigenvalue weighted by molar-refractivity contribution is 5.83. The molecule has 0 aromatic heterocycles. The van der Waals surface area contributed by atoms with Gasteiger partial charge in [-0.2, -0.15) is 0 Å². The van der Waals surface area contributed by atoms with Crippen molar-refractivity contribution in [2.45, 2.75) is 50.9 Å². The van der Waals surface area contributed by atoms with Crippen molar-refractivity contribution in [1.29, 1.82) is 0 Å². The molecule has 4 nitrogen and oxygen atoms in total. The molecule has 4 heteroatoms. The quantitative estimate of drug-likeness (QED) is 0.891. The first-order valence-electron chi connectivity index (χ1n) is 10.7. The van der Waals surface area contributed by atoms with E-state index in [1.165, 1.54) is 24.8 Å². The summed E-state index contributed by atoms with van der Waals surface area (Å²) in [5, 5.41) is 2.17. The van der Waals surface area contributed by atoms with Crippen LogP contribution in [-0.4, -0.2) is 49.0 Å². The Bertz CT molecular complexity index is 728. The lowest BCUT2D eigenvalue weighted by Gasteiger charge is -2.65. The van der Waals surface area contributed by atoms with E-state index in [0.717, 1.165) is 45.4 Å². The zero-order valence-electron chi connectivity index (χ0n) is 16.8. The molecule has 1 amide bonds. The van der Waals surface area contributed by atoms with E-state index >= 15 is 0 Å². The summed E-state index contributed by atoms with van der Waals surface area (Å²) in [6.07, 6.45) is 7.04. The molecule has 1 aromatic rings. The molecule has 4 saturated carbocycles. The van der Waals surface area contributed by atoms with E-state index < -0.39 is 0 Å². The minimum absolute atomic E-state index is 0.173. The summed E-state index contributed by atoms with van der Waals surface area (Å²) in [4.78, 5) is 15.9. The maximum Gasteiger partial charge on any atom is 0.240 e. The zero-order chi connectivity index (χ0) is 18.7. The minimum atomic E-state index is -0.173. The first kappa shape index (κ1) is 17.7. The lowest BCUT2D eigenvalue weighted by atomic mass is 9.38. The average molecular weight is 368 g/mol. The minimum Gasteiger partial charge on any atom is -0.304 e. The van der Waals surface area contributed by atoms with Crippen molar-refractivity contribution >= 4 is 5.91 Å². The van der Waals surface area contributed by atoms with Crippen LogP contribution >= 0.6 is 0 Å². The first-order chi connectivity index (χ1) is 12.9. The van der Waals surface area contributed by atoms with Crippen molar-refractivity contribution in [3.63, 3.8) is 0 Å². The Kier molecular flexibility index (Phi) is 3.97. The van der Waals surface area contributed by atoms with E-state index in [1.807, 2.05) is 0 Å². The number of nitrogens with one attached hydrogen (secondary N) is 1. The number of hydrazine groups is 1. The van der Waals surface area contributed by atoms with Crippen LogP contribution in [0.5, 0.6) is 0 Å². The van der Waals surface area contributed by atoms with E-state index in [0.29, 0.717) is 17.2 Å². The lowest BCUT2D eigenvalue weighted by molar-refractivity contribution is -0.165. The summed E-state index contributed by atoms with van der Waals surface area (Å²) in [6.45, 7) is 6.38. The van der Waals surface area contributed by atoms with Gasteiger partial charge in [-0.1, -0.05) is 37.3 Å². The van der Waals surface area contributed by atoms with E-state index in [9.17, 15) is 4.79 Å². The molecular formula is C23H33N3O. The Morgan fingerprint density at radius 2 is 1.74 bits per heavy atom. The normalized spacial score (nSPS) is 41.6. The van der Waals surface area contributed by atoms with Gasteiger partial charge in [0.15, 0.2) is 0 Å². The number of amides is 1. The van der Waals surface area contributed by atoms with E-state index in [1.54, 1.807) is 0 Å². The Hall–Kier alpha value is -1.39. The summed E-state index contributed by atoms with van der Waals surface area (Å²) in [7, 11) is 2.16. The van der Waals surface area contributed by atoms with Crippen LogP contribution in [0.2, 0.25) is 0 Å². The summed E-state index contributed by atoms with van der Waals surface area (Å²) < 4.78 is 0. The molecule has 4 bridgehead atoms. The Labute approximate surface area is 163 Å². The maximum absolute atomic E-state index is 13.6. The highest BCUT2D eigenvalue weighted by Crippen LogP contribution is 2.70. The number of hydrogen-bond acceptors (Lipinski definition) is 3. The predicted octanol–water partition coefficient (Wildman–Crippen LogP) is 3.19. The van der Waals surface area contributed by atoms with Crippen LogP contribution in [0.4, 0.5) is 0 Å². The number of piperazine rings is 1. The number of nitrogens with zero attached hydrogens (tertiary/aromatic N) is 2. The van der Waals surface area contributed by atoms with Crippen molar-refractivity contribution in [3.8, 4) is 0 Å². The SMILES string of the molecule is CN1CCN(NC(=O)C23CC4CC(C)(C2)CC(c2ccccc2)(C4)C3)CC1. The van der Waals surface area contributed by atoms with Crippen LogP contribution in [0.25, 0.3) is 0 Å². The van der Waals surface area contributed by atoms with Gasteiger partial charge in [0.05, 0.1) is 5.41 Å². The molecule has 1 heterocycles. The number of hydrogen-bond donors (Lipinski definition) is 1. The van der Waals surface area contributed by atoms with Crippen LogP contribution in [0, 0.1) is 16.7 Å². The molecule has 27 heavy (non-hydrogen) atoms. The van der Waals surface area contributed by atoms with E-state index in [-0.39, 0.29) is 10.8 Å². The number of carbonyl (C=O) groups is 1. The molecule has 0 radical (unpaired) electrons. The van der Waals surface area contributed by atoms with Gasteiger partial charge in [0, 0.05) is 26.2 Å². The van der Waals surface area contributed by atoms with E-state index in [2.05, 4.69) is 59.6 Å². The molecule has 4 atom stereocenters. The second kappa shape index (κ2) is 6.05. The fraction of sp³-hybridized carbons (Fsp3) is 0.696. The maximum atomic E-state index is 13.6. The Balaban J connectivity index is 1.43. The van der Waals surface area contributed by atoms with Gasteiger partial charge in [-0.05, 0) is 67.9 Å². The van der Waals surface area contributed by atoms with Crippen LogP contribution in [0.1, 0.15) is 51.0 Å². The fourth-order valence-electron chi connectivity index (χ4n) is 7.47. The van der Waals surface area contributed by atoms with Gasteiger partial charge in [0.25, 0.3) is 0 Å². The predicted molar refractivity (Wildman–Crippen MR) is 107 cm³/mol. The van der Waals surface area contributed by atoms with Gasteiger partial charge in [-0.3, -0.25) is 10.2 Å². The number of carbonyl (C=O) groups excluding carboxylic acids is 1. The average Bonchev–Trinajstić information content (AvgIpc) is 2.62. The largest absolute Gasteiger partial charge is 0.304 e. The summed E-state index contributed by atoms with van der Waals surface area (Å²) in [5.41, 5.74) is 5.16. The van der Waals surface area contributed by atoms with Gasteiger partial charge in [-0.25, -0.2) is 5.01 Å². The van der Waals surface area contributed by atoms with Gasteiger partial charge in [0.1, 0.15) is 0 Å². The summed E-state index contributed by atoms with van der Waals surface area (Å²) in [6, 6.07) is 11.1. The number of rotatable bonds is 3. The molecule has 4 unspecified atom stereocenters. The van der Waals surface area contributed by atoms with Crippen LogP contribution in [0.15, 0.2) is 30.3 Å². The standard InChI is InChI=1S/C23H33N3O/c1-21-12-18-13-22(15-21,19-6-4-3-5-7-19)17-23(14-18,16-21)20(27)24-26-10-8-25(2)9-11-26/h3-7,18H,8-17H2,1-2H3,(H,24,27). The molecule has 5 aliphatic rings. The van der Waals surface area contributed by atoms with Crippen LogP contribution in [0.3, 0.4) is 0 Å². The zero-order valence-corrected chi connectivity index (χ0v) is 16.8. The molecule has 1 aromatic carbocycles. The second-order valence-electron chi connectivity index (χ2n) is 10.5. The van der Waals surface area contributed by atoms with Crippen molar-refractivity contribution in [2.24, 2.45) is 16.7 Å². The Morgan fingerprint density at radius 1 is 1.00 bits per heavy atom. The molecule has 1 aliphatic heterocycles. The number of benzene rings is 1. The molecule has 1 saturated heterocycles. The smallest absolute Gasteiger partial charge is 0.240 e. The highest BCUT2D eigenvalue weighted by atomic mass is 16.2. The van der Waals surface area contributed by atoms with Gasteiger partial charge in [-0.15, -0.1) is 0 Å². The van der Waals surface area contributed by atoms with Gasteiger partial charge < -0.3 is 4.90 Å². The monoisotopic (exact) mass is 367 g/mol. The third-order valence-electron chi connectivity index (χ3n) is 7.98. The van der Waals surface area contributed by atoms with Gasteiger partial charge >= 0.3 is 0 Å². The Morgan fingerprint density at radius 3 is 2.44 bits per heavy atom. The van der Waals surface area contributed by atoms with E-state index in [4.69, 9.17) is 0 Å². The molecule has 146 valence electrons.